The van der Waals surface area contributed by atoms with Gasteiger partial charge in [0.1, 0.15) is 5.82 Å². The molecule has 2 aromatic rings. The number of benzene rings is 1. The molecule has 0 amide bonds. The number of aryl methyl sites for hydroxylation is 1. The fourth-order valence-electron chi connectivity index (χ4n) is 4.30. The quantitative estimate of drug-likeness (QED) is 0.489. The summed E-state index contributed by atoms with van der Waals surface area (Å²) in [4.78, 5) is 15.3. The summed E-state index contributed by atoms with van der Waals surface area (Å²) in [7, 11) is 0. The second-order valence-corrected chi connectivity index (χ2v) is 11.1. The molecule has 1 aromatic carbocycles. The van der Waals surface area contributed by atoms with Crippen molar-refractivity contribution >= 4 is 34.0 Å². The van der Waals surface area contributed by atoms with Crippen LogP contribution in [0.15, 0.2) is 63.9 Å². The molecule has 2 heterocycles. The van der Waals surface area contributed by atoms with Crippen LogP contribution in [0, 0.1) is 23.7 Å². The molecule has 8 heteroatoms. The van der Waals surface area contributed by atoms with Crippen LogP contribution in [0.1, 0.15) is 43.7 Å². The Bertz CT molecular complexity index is 1180. The number of hydrogen-bond donors (Lipinski definition) is 1. The van der Waals surface area contributed by atoms with Crippen molar-refractivity contribution in [3.05, 3.63) is 70.7 Å². The lowest BCUT2D eigenvalue weighted by molar-refractivity contribution is -0.118. The molecule has 0 saturated heterocycles. The van der Waals surface area contributed by atoms with E-state index in [1.807, 2.05) is 37.3 Å². The Kier molecular flexibility index (Phi) is 5.97. The van der Waals surface area contributed by atoms with E-state index >= 15 is 0 Å². The van der Waals surface area contributed by atoms with E-state index in [1.54, 1.807) is 4.90 Å². The number of carbonyl (C=O) groups is 1. The zero-order chi connectivity index (χ0) is 23.0. The first kappa shape index (κ1) is 22.3. The Hall–Kier alpha value is -2.89. The lowest BCUT2D eigenvalue weighted by Crippen LogP contribution is -2.42. The second kappa shape index (κ2) is 8.57. The van der Waals surface area contributed by atoms with Crippen LogP contribution in [0.5, 0.6) is 0 Å². The highest BCUT2D eigenvalue weighted by Crippen LogP contribution is 2.50. The summed E-state index contributed by atoms with van der Waals surface area (Å²) in [6.45, 7) is 9.92. The van der Waals surface area contributed by atoms with Crippen LogP contribution in [0.25, 0.3) is 0 Å². The molecule has 2 N–H and O–H groups in total. The predicted octanol–water partition coefficient (Wildman–Crippen LogP) is 5.07. The molecule has 0 fully saturated rings. The Balaban J connectivity index is 1.91. The smallest absolute Gasteiger partial charge is 0.219 e. The molecule has 164 valence electrons. The molecule has 32 heavy (non-hydrogen) atoms. The average Bonchev–Trinajstić information content (AvgIpc) is 3.19. The number of ketones is 1. The van der Waals surface area contributed by atoms with Crippen LogP contribution in [0.3, 0.4) is 0 Å². The van der Waals surface area contributed by atoms with E-state index in [2.05, 4.69) is 36.7 Å². The molecular weight excluding hydrogens is 438 g/mol. The molecule has 1 atom stereocenters. The van der Waals surface area contributed by atoms with Crippen molar-refractivity contribution in [2.45, 2.75) is 43.9 Å². The van der Waals surface area contributed by atoms with E-state index in [0.717, 1.165) is 26.9 Å². The third-order valence-electron chi connectivity index (χ3n) is 5.70. The lowest BCUT2D eigenvalue weighted by Gasteiger charge is -2.42. The number of anilines is 1. The lowest BCUT2D eigenvalue weighted by atomic mass is 9.68. The molecule has 0 saturated carbocycles. The van der Waals surface area contributed by atoms with Crippen molar-refractivity contribution in [1.82, 2.24) is 10.2 Å². The van der Waals surface area contributed by atoms with Gasteiger partial charge in [-0.25, -0.2) is 0 Å². The molecule has 2 aliphatic rings. The molecule has 0 radical (unpaired) electrons. The van der Waals surface area contributed by atoms with Gasteiger partial charge < -0.3 is 5.73 Å². The Labute approximate surface area is 196 Å². The summed E-state index contributed by atoms with van der Waals surface area (Å²) >= 11 is 2.94. The molecular formula is C24H25N5OS2. The third-order valence-corrected chi connectivity index (χ3v) is 7.74. The van der Waals surface area contributed by atoms with Crippen LogP contribution >= 0.6 is 23.1 Å². The standard InChI is InChI=1S/C24H25N5OS2/c1-5-10-31-23-28-27-22(32-23)29-17-11-24(3,4)12-18(30)20(17)19(16(13-25)21(29)26)15-8-6-14(2)7-9-15/h5-9,19H,1,10-12,26H2,2-4H3. The van der Waals surface area contributed by atoms with Crippen LogP contribution in [0.4, 0.5) is 5.13 Å². The number of rotatable bonds is 5. The monoisotopic (exact) mass is 463 g/mol. The number of nitrogens with zero attached hydrogens (tertiary/aromatic N) is 4. The van der Waals surface area contributed by atoms with Gasteiger partial charge in [-0.3, -0.25) is 9.69 Å². The van der Waals surface area contributed by atoms with Gasteiger partial charge in [0.15, 0.2) is 10.1 Å². The molecule has 1 aliphatic carbocycles. The van der Waals surface area contributed by atoms with Crippen molar-refractivity contribution < 1.29 is 4.79 Å². The molecule has 1 aromatic heterocycles. The Morgan fingerprint density at radius 2 is 2.06 bits per heavy atom. The SMILES string of the molecule is C=CCSc1nnc(N2C(N)=C(C#N)C(c3ccc(C)cc3)C3=C2CC(C)(C)CC3=O)s1. The van der Waals surface area contributed by atoms with E-state index < -0.39 is 5.92 Å². The van der Waals surface area contributed by atoms with Gasteiger partial charge in [-0.15, -0.1) is 16.8 Å². The first-order valence-corrected chi connectivity index (χ1v) is 12.2. The van der Waals surface area contributed by atoms with Crippen LogP contribution in [0.2, 0.25) is 0 Å². The first-order chi connectivity index (χ1) is 15.3. The van der Waals surface area contributed by atoms with Gasteiger partial charge in [0.25, 0.3) is 0 Å². The predicted molar refractivity (Wildman–Crippen MR) is 129 cm³/mol. The van der Waals surface area contributed by atoms with Crippen LogP contribution in [-0.2, 0) is 4.79 Å². The number of carbonyl (C=O) groups excluding carboxylic acids is 1. The van der Waals surface area contributed by atoms with Crippen LogP contribution < -0.4 is 10.6 Å². The number of thioether (sulfide) groups is 1. The van der Waals surface area contributed by atoms with Gasteiger partial charge in [-0.2, -0.15) is 5.26 Å². The van der Waals surface area contributed by atoms with E-state index in [9.17, 15) is 10.1 Å². The average molecular weight is 464 g/mol. The first-order valence-electron chi connectivity index (χ1n) is 10.4. The largest absolute Gasteiger partial charge is 0.384 e. The molecule has 1 aliphatic heterocycles. The second-order valence-electron chi connectivity index (χ2n) is 8.84. The van der Waals surface area contributed by atoms with E-state index in [0.29, 0.717) is 34.9 Å². The minimum absolute atomic E-state index is 0.0536. The van der Waals surface area contributed by atoms with Gasteiger partial charge in [0.2, 0.25) is 5.13 Å². The highest BCUT2D eigenvalue weighted by atomic mass is 32.2. The fourth-order valence-corrected chi connectivity index (χ4v) is 5.94. The third kappa shape index (κ3) is 3.98. The number of aromatic nitrogens is 2. The zero-order valence-corrected chi connectivity index (χ0v) is 20.0. The summed E-state index contributed by atoms with van der Waals surface area (Å²) in [6, 6.07) is 10.3. The Morgan fingerprint density at radius 1 is 1.34 bits per heavy atom. The Morgan fingerprint density at radius 3 is 2.72 bits per heavy atom. The maximum absolute atomic E-state index is 13.5. The van der Waals surface area contributed by atoms with Crippen molar-refractivity contribution in [3.8, 4) is 6.07 Å². The van der Waals surface area contributed by atoms with Crippen molar-refractivity contribution in [3.63, 3.8) is 0 Å². The van der Waals surface area contributed by atoms with E-state index in [1.165, 1.54) is 23.1 Å². The van der Waals surface area contributed by atoms with Crippen molar-refractivity contribution in [2.75, 3.05) is 10.7 Å². The van der Waals surface area contributed by atoms with Crippen molar-refractivity contribution in [2.24, 2.45) is 11.1 Å². The van der Waals surface area contributed by atoms with E-state index in [4.69, 9.17) is 5.73 Å². The molecule has 0 bridgehead atoms. The number of hydrogen-bond acceptors (Lipinski definition) is 8. The van der Waals surface area contributed by atoms with Gasteiger partial charge in [0.05, 0.1) is 17.6 Å². The van der Waals surface area contributed by atoms with E-state index in [-0.39, 0.29) is 11.2 Å². The number of allylic oxidation sites excluding steroid dienone is 3. The summed E-state index contributed by atoms with van der Waals surface area (Å²) in [5, 5.41) is 19.3. The maximum atomic E-state index is 13.5. The number of nitriles is 1. The minimum Gasteiger partial charge on any atom is -0.384 e. The number of nitrogens with two attached hydrogens (primary N) is 1. The normalized spacial score (nSPS) is 20.2. The van der Waals surface area contributed by atoms with Gasteiger partial charge in [-0.1, -0.05) is 72.9 Å². The summed E-state index contributed by atoms with van der Waals surface area (Å²) in [5.41, 5.74) is 10.3. The topological polar surface area (TPSA) is 95.9 Å². The van der Waals surface area contributed by atoms with Crippen molar-refractivity contribution in [1.29, 1.82) is 5.26 Å². The van der Waals surface area contributed by atoms with Crippen LogP contribution in [-0.4, -0.2) is 21.7 Å². The summed E-state index contributed by atoms with van der Waals surface area (Å²) in [5.74, 6) is 0.618. The zero-order valence-electron chi connectivity index (χ0n) is 18.4. The highest BCUT2D eigenvalue weighted by Gasteiger charge is 2.45. The van der Waals surface area contributed by atoms with Gasteiger partial charge >= 0.3 is 0 Å². The molecule has 0 spiro atoms. The maximum Gasteiger partial charge on any atom is 0.219 e. The molecule has 6 nitrogen and oxygen atoms in total. The highest BCUT2D eigenvalue weighted by molar-refractivity contribution is 8.01. The molecule has 4 rings (SSSR count). The fraction of sp³-hybridized carbons (Fsp3) is 0.333. The molecule has 1 unspecified atom stereocenters. The number of Topliss-reactive ketones (excluding diaryl/α,β-unsaturated/α-hetero) is 1. The van der Waals surface area contributed by atoms with Gasteiger partial charge in [-0.05, 0) is 24.3 Å². The minimum atomic E-state index is -0.474. The summed E-state index contributed by atoms with van der Waals surface area (Å²) < 4.78 is 0.787. The summed E-state index contributed by atoms with van der Waals surface area (Å²) in [6.07, 6.45) is 2.89. The van der Waals surface area contributed by atoms with Gasteiger partial charge in [0, 0.05) is 23.4 Å².